The van der Waals surface area contributed by atoms with Crippen LogP contribution in [0.25, 0.3) is 11.0 Å². The van der Waals surface area contributed by atoms with Crippen LogP contribution in [0.15, 0.2) is 58.4 Å². The number of nitro benzene ring substituents is 1. The molecule has 0 aliphatic carbocycles. The summed E-state index contributed by atoms with van der Waals surface area (Å²) in [5, 5.41) is 14.5. The van der Waals surface area contributed by atoms with E-state index in [1.807, 2.05) is 0 Å². The smallest absolute Gasteiger partial charge is 0.276 e. The number of non-ortho nitro benzene ring substituents is 1. The van der Waals surface area contributed by atoms with E-state index in [2.05, 4.69) is 20.5 Å². The van der Waals surface area contributed by atoms with Crippen LogP contribution < -0.4 is 11.0 Å². The van der Waals surface area contributed by atoms with Gasteiger partial charge in [0, 0.05) is 12.1 Å². The first-order valence-electron chi connectivity index (χ1n) is 7.11. The third-order valence-electron chi connectivity index (χ3n) is 3.34. The number of fused-ring (bicyclic) bond motifs is 1. The van der Waals surface area contributed by atoms with Crippen molar-refractivity contribution in [3.05, 3.63) is 74.7 Å². The summed E-state index contributed by atoms with van der Waals surface area (Å²) in [6, 6.07) is 12.3. The van der Waals surface area contributed by atoms with Crippen LogP contribution >= 0.6 is 0 Å². The molecule has 0 unspecified atom stereocenters. The maximum atomic E-state index is 12.1. The van der Waals surface area contributed by atoms with E-state index in [-0.39, 0.29) is 17.1 Å². The topological polar surface area (TPSA) is 130 Å². The SMILES string of the molecule is O=C/C(=N\Nc1ccc([N+](=O)[O-])cc1)c1nc2ccccc2[nH]c1=O. The molecular weight excluding hydrogens is 326 g/mol. The van der Waals surface area contributed by atoms with Gasteiger partial charge >= 0.3 is 0 Å². The number of hydrazone groups is 1. The zero-order chi connectivity index (χ0) is 17.8. The van der Waals surface area contributed by atoms with Crippen molar-refractivity contribution in [2.24, 2.45) is 5.10 Å². The van der Waals surface area contributed by atoms with E-state index in [0.29, 0.717) is 23.0 Å². The van der Waals surface area contributed by atoms with Crippen molar-refractivity contribution in [2.75, 3.05) is 5.43 Å². The minimum atomic E-state index is -0.546. The zero-order valence-electron chi connectivity index (χ0n) is 12.7. The van der Waals surface area contributed by atoms with E-state index in [1.54, 1.807) is 24.3 Å². The molecule has 0 radical (unpaired) electrons. The number of carbonyl (C=O) groups excluding carboxylic acids is 1. The average Bonchev–Trinajstić information content (AvgIpc) is 2.62. The number of nitro groups is 1. The van der Waals surface area contributed by atoms with Crippen molar-refractivity contribution < 1.29 is 9.72 Å². The second-order valence-corrected chi connectivity index (χ2v) is 4.96. The lowest BCUT2D eigenvalue weighted by Gasteiger charge is -2.03. The summed E-state index contributed by atoms with van der Waals surface area (Å²) < 4.78 is 0. The van der Waals surface area contributed by atoms with E-state index in [0.717, 1.165) is 0 Å². The van der Waals surface area contributed by atoms with Crippen LogP contribution in [0.4, 0.5) is 11.4 Å². The van der Waals surface area contributed by atoms with Gasteiger partial charge in [-0.25, -0.2) is 4.98 Å². The molecule has 1 heterocycles. The lowest BCUT2D eigenvalue weighted by molar-refractivity contribution is -0.384. The fourth-order valence-corrected chi connectivity index (χ4v) is 2.12. The Morgan fingerprint density at radius 2 is 1.92 bits per heavy atom. The number of para-hydroxylation sites is 2. The third-order valence-corrected chi connectivity index (χ3v) is 3.34. The molecule has 2 aromatic carbocycles. The highest BCUT2D eigenvalue weighted by atomic mass is 16.6. The van der Waals surface area contributed by atoms with Crippen LogP contribution in [-0.2, 0) is 4.79 Å². The van der Waals surface area contributed by atoms with Gasteiger partial charge in [0.2, 0.25) is 0 Å². The predicted octanol–water partition coefficient (Wildman–Crippen LogP) is 1.85. The van der Waals surface area contributed by atoms with E-state index in [4.69, 9.17) is 0 Å². The Balaban J connectivity index is 1.92. The normalized spacial score (nSPS) is 11.3. The van der Waals surface area contributed by atoms with Crippen molar-refractivity contribution in [1.29, 1.82) is 0 Å². The predicted molar refractivity (Wildman–Crippen MR) is 91.7 cm³/mol. The first-order chi connectivity index (χ1) is 12.1. The number of anilines is 1. The van der Waals surface area contributed by atoms with Crippen LogP contribution in [0, 0.1) is 10.1 Å². The van der Waals surface area contributed by atoms with E-state index in [1.165, 1.54) is 24.3 Å². The lowest BCUT2D eigenvalue weighted by Crippen LogP contribution is -2.22. The van der Waals surface area contributed by atoms with Crippen molar-refractivity contribution in [2.45, 2.75) is 0 Å². The molecule has 25 heavy (non-hydrogen) atoms. The third kappa shape index (κ3) is 3.39. The van der Waals surface area contributed by atoms with E-state index in [9.17, 15) is 19.7 Å². The Labute approximate surface area is 140 Å². The molecule has 0 amide bonds. The number of aldehydes is 1. The van der Waals surface area contributed by atoms with E-state index >= 15 is 0 Å². The van der Waals surface area contributed by atoms with Gasteiger partial charge in [-0.3, -0.25) is 25.1 Å². The zero-order valence-corrected chi connectivity index (χ0v) is 12.7. The Morgan fingerprint density at radius 1 is 1.20 bits per heavy atom. The Bertz CT molecular complexity index is 1040. The molecule has 0 aliphatic rings. The van der Waals surface area contributed by atoms with Crippen molar-refractivity contribution in [3.8, 4) is 0 Å². The van der Waals surface area contributed by atoms with Crippen molar-refractivity contribution in [3.63, 3.8) is 0 Å². The number of aromatic amines is 1. The highest BCUT2D eigenvalue weighted by Crippen LogP contribution is 2.15. The number of nitrogens with one attached hydrogen (secondary N) is 2. The largest absolute Gasteiger partial charge is 0.319 e. The number of hydrogen-bond donors (Lipinski definition) is 2. The Hall–Kier alpha value is -3.88. The molecule has 0 saturated carbocycles. The summed E-state index contributed by atoms with van der Waals surface area (Å²) in [4.78, 5) is 40.3. The molecule has 0 bridgehead atoms. The molecular formula is C16H11N5O4. The molecule has 3 rings (SSSR count). The summed E-state index contributed by atoms with van der Waals surface area (Å²) >= 11 is 0. The van der Waals surface area contributed by atoms with Gasteiger partial charge in [-0.15, -0.1) is 0 Å². The van der Waals surface area contributed by atoms with Gasteiger partial charge in [-0.2, -0.15) is 5.10 Å². The van der Waals surface area contributed by atoms with Gasteiger partial charge in [0.05, 0.1) is 21.6 Å². The molecule has 3 aromatic rings. The van der Waals surface area contributed by atoms with Crippen molar-refractivity contribution in [1.82, 2.24) is 9.97 Å². The van der Waals surface area contributed by atoms with Crippen molar-refractivity contribution >= 4 is 34.4 Å². The molecule has 0 atom stereocenters. The Morgan fingerprint density at radius 3 is 2.60 bits per heavy atom. The first-order valence-corrected chi connectivity index (χ1v) is 7.11. The molecule has 0 fully saturated rings. The second-order valence-electron chi connectivity index (χ2n) is 4.96. The fourth-order valence-electron chi connectivity index (χ4n) is 2.12. The highest BCUT2D eigenvalue weighted by Gasteiger charge is 2.12. The first kappa shape index (κ1) is 16.0. The van der Waals surface area contributed by atoms with E-state index < -0.39 is 10.5 Å². The van der Waals surface area contributed by atoms with Gasteiger partial charge < -0.3 is 4.98 Å². The van der Waals surface area contributed by atoms with Crippen LogP contribution in [0.1, 0.15) is 5.69 Å². The quantitative estimate of drug-likeness (QED) is 0.316. The monoisotopic (exact) mass is 337 g/mol. The molecule has 1 aromatic heterocycles. The van der Waals surface area contributed by atoms with Gasteiger partial charge in [0.1, 0.15) is 0 Å². The fraction of sp³-hybridized carbons (Fsp3) is 0. The van der Waals surface area contributed by atoms with Gasteiger partial charge in [-0.05, 0) is 24.3 Å². The molecule has 0 aliphatic heterocycles. The molecule has 124 valence electrons. The number of hydrogen-bond acceptors (Lipinski definition) is 7. The number of nitrogens with zero attached hydrogens (tertiary/aromatic N) is 3. The summed E-state index contributed by atoms with van der Waals surface area (Å²) in [5.41, 5.74) is 3.13. The number of benzene rings is 2. The minimum absolute atomic E-state index is 0.0715. The van der Waals surface area contributed by atoms with Crippen LogP contribution in [-0.4, -0.2) is 26.9 Å². The lowest BCUT2D eigenvalue weighted by atomic mass is 10.2. The molecule has 0 spiro atoms. The standard InChI is InChI=1S/C16H11N5O4/c22-9-14(20-19-10-5-7-11(8-6-10)21(24)25)15-16(23)18-13-4-2-1-3-12(13)17-15/h1-9,19H,(H,18,23)/b20-14+. The maximum absolute atomic E-state index is 12.1. The highest BCUT2D eigenvalue weighted by molar-refractivity contribution is 6.35. The van der Waals surface area contributed by atoms with Crippen LogP contribution in [0.5, 0.6) is 0 Å². The minimum Gasteiger partial charge on any atom is -0.319 e. The van der Waals surface area contributed by atoms with Gasteiger partial charge in [0.15, 0.2) is 17.7 Å². The van der Waals surface area contributed by atoms with Gasteiger partial charge in [-0.1, -0.05) is 12.1 Å². The summed E-state index contributed by atoms with van der Waals surface area (Å²) in [5.74, 6) is 0. The number of H-pyrrole nitrogens is 1. The molecule has 0 saturated heterocycles. The van der Waals surface area contributed by atoms with Crippen LogP contribution in [0.2, 0.25) is 0 Å². The molecule has 9 nitrogen and oxygen atoms in total. The van der Waals surface area contributed by atoms with Crippen LogP contribution in [0.3, 0.4) is 0 Å². The molecule has 9 heteroatoms. The second kappa shape index (κ2) is 6.71. The summed E-state index contributed by atoms with van der Waals surface area (Å²) in [6.07, 6.45) is 0.407. The average molecular weight is 337 g/mol. The number of aromatic nitrogens is 2. The number of carbonyl (C=O) groups is 1. The summed E-state index contributed by atoms with van der Waals surface area (Å²) in [7, 11) is 0. The maximum Gasteiger partial charge on any atom is 0.276 e. The summed E-state index contributed by atoms with van der Waals surface area (Å²) in [6.45, 7) is 0. The molecule has 2 N–H and O–H groups in total. The number of rotatable bonds is 5. The van der Waals surface area contributed by atoms with Gasteiger partial charge in [0.25, 0.3) is 11.2 Å². The Kier molecular flexibility index (Phi) is 4.29.